The zero-order valence-electron chi connectivity index (χ0n) is 12.1. The van der Waals surface area contributed by atoms with Gasteiger partial charge in [0.1, 0.15) is 5.75 Å². The van der Waals surface area contributed by atoms with E-state index in [1.807, 2.05) is 0 Å². The third-order valence-electron chi connectivity index (χ3n) is 3.57. The molecule has 0 amide bonds. The van der Waals surface area contributed by atoms with Crippen molar-refractivity contribution in [3.8, 4) is 5.75 Å². The molecular weight excluding hydrogens is 224 g/mol. The SMILES string of the molecule is COc1cc(C)ccc1C(C)CCCC(C)CO. The Morgan fingerprint density at radius 3 is 2.56 bits per heavy atom. The number of rotatable bonds is 7. The first kappa shape index (κ1) is 15.0. The summed E-state index contributed by atoms with van der Waals surface area (Å²) in [6, 6.07) is 6.42. The predicted octanol–water partition coefficient (Wildman–Crippen LogP) is 3.91. The molecule has 0 aliphatic heterocycles. The summed E-state index contributed by atoms with van der Waals surface area (Å²) >= 11 is 0. The molecule has 1 aromatic carbocycles. The summed E-state index contributed by atoms with van der Waals surface area (Å²) in [5, 5.41) is 9.01. The van der Waals surface area contributed by atoms with Crippen LogP contribution in [0.4, 0.5) is 0 Å². The van der Waals surface area contributed by atoms with Crippen molar-refractivity contribution in [1.29, 1.82) is 0 Å². The Hall–Kier alpha value is -1.02. The zero-order chi connectivity index (χ0) is 13.5. The van der Waals surface area contributed by atoms with E-state index in [2.05, 4.69) is 39.0 Å². The van der Waals surface area contributed by atoms with Gasteiger partial charge >= 0.3 is 0 Å². The van der Waals surface area contributed by atoms with Crippen LogP contribution in [-0.2, 0) is 0 Å². The molecule has 2 nitrogen and oxygen atoms in total. The number of ether oxygens (including phenoxy) is 1. The summed E-state index contributed by atoms with van der Waals surface area (Å²) in [5.74, 6) is 1.92. The topological polar surface area (TPSA) is 29.5 Å². The Bertz CT molecular complexity index is 360. The monoisotopic (exact) mass is 250 g/mol. The Balaban J connectivity index is 2.58. The predicted molar refractivity (Wildman–Crippen MR) is 76.2 cm³/mol. The van der Waals surface area contributed by atoms with Crippen LogP contribution >= 0.6 is 0 Å². The largest absolute Gasteiger partial charge is 0.496 e. The maximum Gasteiger partial charge on any atom is 0.122 e. The molecule has 18 heavy (non-hydrogen) atoms. The molecule has 1 aromatic rings. The number of aliphatic hydroxyl groups is 1. The second-order valence-corrected chi connectivity index (χ2v) is 5.37. The van der Waals surface area contributed by atoms with Crippen molar-refractivity contribution in [2.45, 2.75) is 46.0 Å². The zero-order valence-corrected chi connectivity index (χ0v) is 12.1. The normalized spacial score (nSPS) is 14.3. The maximum atomic E-state index is 9.01. The number of aliphatic hydroxyl groups excluding tert-OH is 1. The van der Waals surface area contributed by atoms with Gasteiger partial charge in [-0.05, 0) is 48.8 Å². The van der Waals surface area contributed by atoms with Gasteiger partial charge in [0, 0.05) is 6.61 Å². The van der Waals surface area contributed by atoms with E-state index in [1.165, 1.54) is 11.1 Å². The smallest absolute Gasteiger partial charge is 0.122 e. The lowest BCUT2D eigenvalue weighted by atomic mass is 9.92. The second-order valence-electron chi connectivity index (χ2n) is 5.37. The molecule has 2 heteroatoms. The van der Waals surface area contributed by atoms with E-state index in [9.17, 15) is 0 Å². The minimum Gasteiger partial charge on any atom is -0.496 e. The van der Waals surface area contributed by atoms with Gasteiger partial charge in [-0.25, -0.2) is 0 Å². The van der Waals surface area contributed by atoms with Crippen LogP contribution in [0.15, 0.2) is 18.2 Å². The van der Waals surface area contributed by atoms with Crippen LogP contribution in [0.25, 0.3) is 0 Å². The highest BCUT2D eigenvalue weighted by atomic mass is 16.5. The summed E-state index contributed by atoms with van der Waals surface area (Å²) in [6.45, 7) is 6.72. The van der Waals surface area contributed by atoms with Crippen molar-refractivity contribution in [3.63, 3.8) is 0 Å². The minimum atomic E-state index is 0.294. The summed E-state index contributed by atoms with van der Waals surface area (Å²) in [7, 11) is 1.73. The lowest BCUT2D eigenvalue weighted by Crippen LogP contribution is -2.03. The molecule has 1 rings (SSSR count). The maximum absolute atomic E-state index is 9.01. The van der Waals surface area contributed by atoms with Gasteiger partial charge in [0.25, 0.3) is 0 Å². The molecule has 0 aromatic heterocycles. The lowest BCUT2D eigenvalue weighted by Gasteiger charge is -2.17. The number of methoxy groups -OCH3 is 1. The van der Waals surface area contributed by atoms with Crippen LogP contribution in [0.2, 0.25) is 0 Å². The average molecular weight is 250 g/mol. The molecule has 1 N–H and O–H groups in total. The Morgan fingerprint density at radius 2 is 1.94 bits per heavy atom. The molecule has 102 valence electrons. The van der Waals surface area contributed by atoms with Crippen molar-refractivity contribution < 1.29 is 9.84 Å². The molecule has 0 aliphatic rings. The minimum absolute atomic E-state index is 0.294. The van der Waals surface area contributed by atoms with Gasteiger partial charge in [-0.2, -0.15) is 0 Å². The van der Waals surface area contributed by atoms with Crippen LogP contribution in [-0.4, -0.2) is 18.8 Å². The molecule has 0 aliphatic carbocycles. The molecule has 0 saturated carbocycles. The molecule has 2 unspecified atom stereocenters. The van der Waals surface area contributed by atoms with Crippen LogP contribution in [0.5, 0.6) is 5.75 Å². The third kappa shape index (κ3) is 4.34. The molecule has 0 fully saturated rings. The number of benzene rings is 1. The van der Waals surface area contributed by atoms with Crippen molar-refractivity contribution in [3.05, 3.63) is 29.3 Å². The van der Waals surface area contributed by atoms with Crippen LogP contribution in [0.1, 0.15) is 50.2 Å². The van der Waals surface area contributed by atoms with E-state index in [0.717, 1.165) is 25.0 Å². The van der Waals surface area contributed by atoms with E-state index < -0.39 is 0 Å². The fraction of sp³-hybridized carbons (Fsp3) is 0.625. The fourth-order valence-corrected chi connectivity index (χ4v) is 2.24. The van der Waals surface area contributed by atoms with Gasteiger partial charge in [0.05, 0.1) is 7.11 Å². The second kappa shape index (κ2) is 7.42. The van der Waals surface area contributed by atoms with Crippen molar-refractivity contribution in [2.24, 2.45) is 5.92 Å². The molecule has 0 radical (unpaired) electrons. The Labute approximate surface area is 111 Å². The van der Waals surface area contributed by atoms with Crippen LogP contribution in [0, 0.1) is 12.8 Å². The molecule has 0 bridgehead atoms. The van der Waals surface area contributed by atoms with Crippen molar-refractivity contribution >= 4 is 0 Å². The summed E-state index contributed by atoms with van der Waals surface area (Å²) in [4.78, 5) is 0. The van der Waals surface area contributed by atoms with Gasteiger partial charge in [0.2, 0.25) is 0 Å². The van der Waals surface area contributed by atoms with E-state index in [4.69, 9.17) is 9.84 Å². The van der Waals surface area contributed by atoms with E-state index in [1.54, 1.807) is 7.11 Å². The van der Waals surface area contributed by atoms with Gasteiger partial charge in [-0.3, -0.25) is 0 Å². The molecule has 0 saturated heterocycles. The van der Waals surface area contributed by atoms with Crippen molar-refractivity contribution in [2.75, 3.05) is 13.7 Å². The highest BCUT2D eigenvalue weighted by molar-refractivity contribution is 5.39. The highest BCUT2D eigenvalue weighted by Crippen LogP contribution is 2.31. The molecule has 0 spiro atoms. The first-order chi connectivity index (χ1) is 8.58. The van der Waals surface area contributed by atoms with Gasteiger partial charge in [-0.1, -0.05) is 32.4 Å². The summed E-state index contributed by atoms with van der Waals surface area (Å²) < 4.78 is 5.46. The fourth-order valence-electron chi connectivity index (χ4n) is 2.24. The average Bonchev–Trinajstić information content (AvgIpc) is 2.37. The standard InChI is InChI=1S/C16H26O2/c1-12-8-9-15(16(10-12)18-4)14(3)7-5-6-13(2)11-17/h8-10,13-14,17H,5-7,11H2,1-4H3. The third-order valence-corrected chi connectivity index (χ3v) is 3.57. The van der Waals surface area contributed by atoms with Crippen molar-refractivity contribution in [1.82, 2.24) is 0 Å². The van der Waals surface area contributed by atoms with E-state index >= 15 is 0 Å². The van der Waals surface area contributed by atoms with Crippen LogP contribution < -0.4 is 4.74 Å². The molecule has 0 heterocycles. The summed E-state index contributed by atoms with van der Waals surface area (Å²) in [5.41, 5.74) is 2.52. The van der Waals surface area contributed by atoms with Crippen LogP contribution in [0.3, 0.4) is 0 Å². The number of hydrogen-bond donors (Lipinski definition) is 1. The molecule has 2 atom stereocenters. The number of hydrogen-bond acceptors (Lipinski definition) is 2. The first-order valence-corrected chi connectivity index (χ1v) is 6.83. The van der Waals surface area contributed by atoms with Gasteiger partial charge in [0.15, 0.2) is 0 Å². The van der Waals surface area contributed by atoms with E-state index in [0.29, 0.717) is 18.4 Å². The Morgan fingerprint density at radius 1 is 1.22 bits per heavy atom. The first-order valence-electron chi connectivity index (χ1n) is 6.83. The quantitative estimate of drug-likeness (QED) is 0.795. The Kier molecular flexibility index (Phi) is 6.20. The summed E-state index contributed by atoms with van der Waals surface area (Å²) in [6.07, 6.45) is 3.39. The lowest BCUT2D eigenvalue weighted by molar-refractivity contribution is 0.227. The van der Waals surface area contributed by atoms with E-state index in [-0.39, 0.29) is 0 Å². The number of aryl methyl sites for hydroxylation is 1. The molecular formula is C16H26O2. The van der Waals surface area contributed by atoms with Gasteiger partial charge < -0.3 is 9.84 Å². The highest BCUT2D eigenvalue weighted by Gasteiger charge is 2.12. The van der Waals surface area contributed by atoms with Gasteiger partial charge in [-0.15, -0.1) is 0 Å².